The first-order valence-electron chi connectivity index (χ1n) is 6.62. The second-order valence-electron chi connectivity index (χ2n) is 5.44. The van der Waals surface area contributed by atoms with Gasteiger partial charge < -0.3 is 4.74 Å². The number of hydrogen-bond donors (Lipinski definition) is 0. The molecule has 2 atom stereocenters. The summed E-state index contributed by atoms with van der Waals surface area (Å²) >= 11 is 0. The molecule has 96 valence electrons. The summed E-state index contributed by atoms with van der Waals surface area (Å²) < 4.78 is 6.07. The van der Waals surface area contributed by atoms with Crippen LogP contribution in [0.1, 0.15) is 32.3 Å². The first kappa shape index (κ1) is 13.1. The van der Waals surface area contributed by atoms with Gasteiger partial charge in [-0.25, -0.2) is 0 Å². The largest absolute Gasteiger partial charge is 0.367 e. The van der Waals surface area contributed by atoms with Gasteiger partial charge in [0.25, 0.3) is 0 Å². The molecule has 0 aromatic heterocycles. The van der Waals surface area contributed by atoms with E-state index in [4.69, 9.17) is 4.74 Å². The zero-order valence-electron chi connectivity index (χ0n) is 11.4. The van der Waals surface area contributed by atoms with Gasteiger partial charge in [-0.1, -0.05) is 54.6 Å². The Labute approximate surface area is 110 Å². The lowest BCUT2D eigenvalue weighted by Gasteiger charge is -2.32. The normalized spacial score (nSPS) is 27.1. The van der Waals surface area contributed by atoms with Crippen molar-refractivity contribution in [3.63, 3.8) is 0 Å². The molecule has 18 heavy (non-hydrogen) atoms. The van der Waals surface area contributed by atoms with Crippen LogP contribution in [0.15, 0.2) is 54.6 Å². The van der Waals surface area contributed by atoms with Crippen LogP contribution in [0.4, 0.5) is 0 Å². The molecule has 0 fully saturated rings. The lowest BCUT2D eigenvalue weighted by Crippen LogP contribution is -2.30. The van der Waals surface area contributed by atoms with Gasteiger partial charge in [-0.2, -0.15) is 0 Å². The zero-order chi connectivity index (χ0) is 13.0. The Hall–Kier alpha value is -1.34. The molecule has 0 bridgehead atoms. The highest BCUT2D eigenvalue weighted by molar-refractivity contribution is 5.17. The summed E-state index contributed by atoms with van der Waals surface area (Å²) in [6.45, 7) is 8.98. The van der Waals surface area contributed by atoms with Crippen molar-refractivity contribution in [1.29, 1.82) is 0 Å². The van der Waals surface area contributed by atoms with Gasteiger partial charge in [0.1, 0.15) is 0 Å². The van der Waals surface area contributed by atoms with Crippen LogP contribution < -0.4 is 0 Å². The molecular formula is C17H22O. The number of benzene rings is 1. The van der Waals surface area contributed by atoms with Crippen LogP contribution >= 0.6 is 0 Å². The minimum Gasteiger partial charge on any atom is -0.367 e. The molecule has 0 saturated heterocycles. The highest BCUT2D eigenvalue weighted by Crippen LogP contribution is 2.32. The zero-order valence-corrected chi connectivity index (χ0v) is 11.4. The summed E-state index contributed by atoms with van der Waals surface area (Å²) in [5, 5.41) is 0. The average molecular weight is 242 g/mol. The molecule has 1 aliphatic carbocycles. The molecule has 1 nitrogen and oxygen atoms in total. The SMILES string of the molecule is C=C(C)[C@H]1C=C[C@@](C)(OCc2ccccc2)CC1. The third-order valence-corrected chi connectivity index (χ3v) is 3.68. The second-order valence-corrected chi connectivity index (χ2v) is 5.44. The quantitative estimate of drug-likeness (QED) is 0.706. The lowest BCUT2D eigenvalue weighted by atomic mass is 9.83. The summed E-state index contributed by atoms with van der Waals surface area (Å²) in [6.07, 6.45) is 6.65. The molecule has 1 aliphatic rings. The van der Waals surface area contributed by atoms with Gasteiger partial charge in [0, 0.05) is 0 Å². The molecule has 0 saturated carbocycles. The van der Waals surface area contributed by atoms with E-state index in [0.29, 0.717) is 12.5 Å². The maximum atomic E-state index is 6.07. The van der Waals surface area contributed by atoms with Crippen molar-refractivity contribution in [1.82, 2.24) is 0 Å². The molecule has 1 aromatic rings. The van der Waals surface area contributed by atoms with Crippen LogP contribution in [0.2, 0.25) is 0 Å². The Morgan fingerprint density at radius 1 is 1.39 bits per heavy atom. The van der Waals surface area contributed by atoms with Crippen LogP contribution in [-0.2, 0) is 11.3 Å². The van der Waals surface area contributed by atoms with E-state index in [1.165, 1.54) is 11.1 Å². The van der Waals surface area contributed by atoms with Crippen LogP contribution in [0.25, 0.3) is 0 Å². The van der Waals surface area contributed by atoms with E-state index >= 15 is 0 Å². The summed E-state index contributed by atoms with van der Waals surface area (Å²) in [5.41, 5.74) is 2.35. The van der Waals surface area contributed by atoms with Crippen LogP contribution in [0.5, 0.6) is 0 Å². The monoisotopic (exact) mass is 242 g/mol. The second kappa shape index (κ2) is 5.53. The topological polar surface area (TPSA) is 9.23 Å². The maximum Gasteiger partial charge on any atom is 0.0839 e. The molecule has 0 N–H and O–H groups in total. The number of allylic oxidation sites excluding steroid dienone is 2. The van der Waals surface area contributed by atoms with E-state index in [9.17, 15) is 0 Å². The van der Waals surface area contributed by atoms with Gasteiger partial charge >= 0.3 is 0 Å². The van der Waals surface area contributed by atoms with Gasteiger partial charge in [-0.3, -0.25) is 0 Å². The highest BCUT2D eigenvalue weighted by atomic mass is 16.5. The Balaban J connectivity index is 1.94. The molecule has 0 radical (unpaired) electrons. The number of ether oxygens (including phenoxy) is 1. The molecule has 0 aliphatic heterocycles. The smallest absolute Gasteiger partial charge is 0.0839 e. The summed E-state index contributed by atoms with van der Waals surface area (Å²) in [4.78, 5) is 0. The van der Waals surface area contributed by atoms with Crippen molar-refractivity contribution in [2.75, 3.05) is 0 Å². The molecule has 0 amide bonds. The van der Waals surface area contributed by atoms with Crippen molar-refractivity contribution < 1.29 is 4.74 Å². The van der Waals surface area contributed by atoms with E-state index in [-0.39, 0.29) is 5.60 Å². The predicted molar refractivity (Wildman–Crippen MR) is 76.3 cm³/mol. The first-order valence-corrected chi connectivity index (χ1v) is 6.62. The molecular weight excluding hydrogens is 220 g/mol. The van der Waals surface area contributed by atoms with E-state index in [2.05, 4.69) is 56.8 Å². The van der Waals surface area contributed by atoms with E-state index in [1.807, 2.05) is 6.07 Å². The van der Waals surface area contributed by atoms with Gasteiger partial charge in [-0.05, 0) is 38.2 Å². The Morgan fingerprint density at radius 2 is 2.11 bits per heavy atom. The van der Waals surface area contributed by atoms with Crippen molar-refractivity contribution in [2.45, 2.75) is 38.9 Å². The van der Waals surface area contributed by atoms with E-state index in [0.717, 1.165) is 12.8 Å². The van der Waals surface area contributed by atoms with Crippen LogP contribution in [0, 0.1) is 5.92 Å². The summed E-state index contributed by atoms with van der Waals surface area (Å²) in [5.74, 6) is 0.526. The Kier molecular flexibility index (Phi) is 4.03. The Morgan fingerprint density at radius 3 is 2.67 bits per heavy atom. The molecule has 2 rings (SSSR count). The third kappa shape index (κ3) is 3.33. The lowest BCUT2D eigenvalue weighted by molar-refractivity contribution is -0.0188. The third-order valence-electron chi connectivity index (χ3n) is 3.68. The van der Waals surface area contributed by atoms with Crippen molar-refractivity contribution in [3.05, 3.63) is 60.2 Å². The first-order chi connectivity index (χ1) is 8.59. The van der Waals surface area contributed by atoms with Gasteiger partial charge in [-0.15, -0.1) is 0 Å². The van der Waals surface area contributed by atoms with E-state index < -0.39 is 0 Å². The Bertz CT molecular complexity index is 432. The summed E-state index contributed by atoms with van der Waals surface area (Å²) in [7, 11) is 0. The van der Waals surface area contributed by atoms with Gasteiger partial charge in [0.05, 0.1) is 12.2 Å². The molecule has 0 heterocycles. The fraction of sp³-hybridized carbons (Fsp3) is 0.412. The fourth-order valence-corrected chi connectivity index (χ4v) is 2.29. The minimum absolute atomic E-state index is 0.123. The van der Waals surface area contributed by atoms with Crippen molar-refractivity contribution in [3.8, 4) is 0 Å². The molecule has 0 spiro atoms. The summed E-state index contributed by atoms with van der Waals surface area (Å²) in [6, 6.07) is 10.3. The predicted octanol–water partition coefficient (Wildman–Crippen LogP) is 4.50. The van der Waals surface area contributed by atoms with Crippen molar-refractivity contribution in [2.24, 2.45) is 5.92 Å². The minimum atomic E-state index is -0.123. The van der Waals surface area contributed by atoms with E-state index in [1.54, 1.807) is 0 Å². The molecule has 0 unspecified atom stereocenters. The average Bonchev–Trinajstić information content (AvgIpc) is 2.38. The van der Waals surface area contributed by atoms with Gasteiger partial charge in [0.2, 0.25) is 0 Å². The number of hydrogen-bond acceptors (Lipinski definition) is 1. The van der Waals surface area contributed by atoms with Gasteiger partial charge in [0.15, 0.2) is 0 Å². The maximum absolute atomic E-state index is 6.07. The fourth-order valence-electron chi connectivity index (χ4n) is 2.29. The molecule has 1 heteroatoms. The van der Waals surface area contributed by atoms with Crippen molar-refractivity contribution >= 4 is 0 Å². The molecule has 1 aromatic carbocycles. The van der Waals surface area contributed by atoms with Crippen LogP contribution in [-0.4, -0.2) is 5.60 Å². The highest BCUT2D eigenvalue weighted by Gasteiger charge is 2.27. The van der Waals surface area contributed by atoms with Crippen LogP contribution in [0.3, 0.4) is 0 Å². The number of rotatable bonds is 4. The standard InChI is InChI=1S/C17H22O/c1-14(2)16-9-11-17(3,12-10-16)18-13-15-7-5-4-6-8-15/h4-9,11,16H,1,10,12-13H2,2-3H3/t16-,17+/m0/s1.